The number of urea groups is 1. The molecule has 0 fully saturated rings. The van der Waals surface area contributed by atoms with E-state index >= 15 is 0 Å². The fourth-order valence-electron chi connectivity index (χ4n) is 1.42. The predicted molar refractivity (Wildman–Crippen MR) is 85.3 cm³/mol. The molecule has 0 aliphatic carbocycles. The molecule has 0 aliphatic rings. The van der Waals surface area contributed by atoms with Crippen molar-refractivity contribution in [2.75, 3.05) is 5.32 Å². The SMILES string of the molecule is O=C(N/N=C/c1ccccc1I)Nc1ccccc1. The van der Waals surface area contributed by atoms with Crippen molar-refractivity contribution in [2.24, 2.45) is 5.10 Å². The highest BCUT2D eigenvalue weighted by atomic mass is 127. The minimum Gasteiger partial charge on any atom is -0.307 e. The predicted octanol–water partition coefficient (Wildman–Crippen LogP) is 3.45. The second-order valence-electron chi connectivity index (χ2n) is 3.71. The highest BCUT2D eigenvalue weighted by Gasteiger charge is 1.98. The maximum absolute atomic E-state index is 11.5. The molecule has 0 bridgehead atoms. The molecule has 4 nitrogen and oxygen atoms in total. The average molecular weight is 365 g/mol. The van der Waals surface area contributed by atoms with E-state index in [2.05, 4.69) is 38.4 Å². The van der Waals surface area contributed by atoms with Crippen molar-refractivity contribution in [3.8, 4) is 0 Å². The number of para-hydroxylation sites is 1. The van der Waals surface area contributed by atoms with Gasteiger partial charge in [-0.3, -0.25) is 0 Å². The monoisotopic (exact) mass is 365 g/mol. The zero-order chi connectivity index (χ0) is 13.5. The number of nitrogens with zero attached hydrogens (tertiary/aromatic N) is 1. The van der Waals surface area contributed by atoms with Crippen molar-refractivity contribution in [3.05, 3.63) is 63.7 Å². The molecule has 0 heterocycles. The summed E-state index contributed by atoms with van der Waals surface area (Å²) in [4.78, 5) is 11.5. The number of hydrogen-bond donors (Lipinski definition) is 2. The standard InChI is InChI=1S/C14H12IN3O/c15-13-9-5-4-6-11(13)10-16-18-14(19)17-12-7-2-1-3-8-12/h1-10H,(H2,17,18,19)/b16-10+. The lowest BCUT2D eigenvalue weighted by Gasteiger charge is -2.03. The van der Waals surface area contributed by atoms with Gasteiger partial charge in [-0.1, -0.05) is 36.4 Å². The Kier molecular flexibility index (Phi) is 4.91. The Bertz CT molecular complexity index is 584. The van der Waals surface area contributed by atoms with Gasteiger partial charge in [0.05, 0.1) is 6.21 Å². The van der Waals surface area contributed by atoms with E-state index in [1.54, 1.807) is 6.21 Å². The largest absolute Gasteiger partial charge is 0.339 e. The molecule has 2 aromatic carbocycles. The topological polar surface area (TPSA) is 53.5 Å². The van der Waals surface area contributed by atoms with Crippen LogP contribution < -0.4 is 10.7 Å². The van der Waals surface area contributed by atoms with E-state index in [4.69, 9.17) is 0 Å². The number of hydrazone groups is 1. The molecular formula is C14H12IN3O. The van der Waals surface area contributed by atoms with Gasteiger partial charge in [-0.25, -0.2) is 10.2 Å². The summed E-state index contributed by atoms with van der Waals surface area (Å²) in [5, 5.41) is 6.58. The van der Waals surface area contributed by atoms with Gasteiger partial charge in [-0.05, 0) is 40.8 Å². The summed E-state index contributed by atoms with van der Waals surface area (Å²) in [6.45, 7) is 0. The summed E-state index contributed by atoms with van der Waals surface area (Å²) in [6, 6.07) is 16.6. The molecule has 0 radical (unpaired) electrons. The number of anilines is 1. The van der Waals surface area contributed by atoms with Crippen molar-refractivity contribution >= 4 is 40.5 Å². The second-order valence-corrected chi connectivity index (χ2v) is 4.87. The van der Waals surface area contributed by atoms with Crippen LogP contribution in [0, 0.1) is 3.57 Å². The molecule has 96 valence electrons. The van der Waals surface area contributed by atoms with Gasteiger partial charge in [0, 0.05) is 14.8 Å². The first-order valence-corrected chi connectivity index (χ1v) is 6.73. The number of benzene rings is 2. The Balaban J connectivity index is 1.89. The van der Waals surface area contributed by atoms with Gasteiger partial charge < -0.3 is 5.32 Å². The van der Waals surface area contributed by atoms with Crippen LogP contribution in [-0.4, -0.2) is 12.2 Å². The van der Waals surface area contributed by atoms with Crippen molar-refractivity contribution in [1.29, 1.82) is 0 Å². The first kappa shape index (κ1) is 13.5. The zero-order valence-corrected chi connectivity index (χ0v) is 12.2. The van der Waals surface area contributed by atoms with Crippen molar-refractivity contribution in [1.82, 2.24) is 5.43 Å². The van der Waals surface area contributed by atoms with E-state index in [0.717, 1.165) is 14.8 Å². The average Bonchev–Trinajstić information content (AvgIpc) is 2.42. The van der Waals surface area contributed by atoms with Crippen molar-refractivity contribution in [2.45, 2.75) is 0 Å². The fourth-order valence-corrected chi connectivity index (χ4v) is 1.95. The molecule has 0 saturated carbocycles. The quantitative estimate of drug-likeness (QED) is 0.489. The van der Waals surface area contributed by atoms with Crippen LogP contribution in [0.15, 0.2) is 59.7 Å². The lowest BCUT2D eigenvalue weighted by Crippen LogP contribution is -2.24. The van der Waals surface area contributed by atoms with Gasteiger partial charge in [-0.2, -0.15) is 5.10 Å². The van der Waals surface area contributed by atoms with Crippen LogP contribution in [-0.2, 0) is 0 Å². The number of rotatable bonds is 3. The van der Waals surface area contributed by atoms with Crippen LogP contribution >= 0.6 is 22.6 Å². The van der Waals surface area contributed by atoms with Crippen molar-refractivity contribution in [3.63, 3.8) is 0 Å². The summed E-state index contributed by atoms with van der Waals surface area (Å²) in [7, 11) is 0. The van der Waals surface area contributed by atoms with Gasteiger partial charge in [0.15, 0.2) is 0 Å². The molecule has 0 aromatic heterocycles. The highest BCUT2D eigenvalue weighted by molar-refractivity contribution is 14.1. The highest BCUT2D eigenvalue weighted by Crippen LogP contribution is 2.08. The Morgan fingerprint density at radius 2 is 1.74 bits per heavy atom. The van der Waals surface area contributed by atoms with E-state index < -0.39 is 0 Å². The summed E-state index contributed by atoms with van der Waals surface area (Å²) in [5.74, 6) is 0. The van der Waals surface area contributed by atoms with Crippen LogP contribution in [0.2, 0.25) is 0 Å². The number of hydrogen-bond acceptors (Lipinski definition) is 2. The Labute approximate surface area is 125 Å². The lowest BCUT2D eigenvalue weighted by molar-refractivity contribution is 0.252. The number of carbonyl (C=O) groups excluding carboxylic acids is 1. The Morgan fingerprint density at radius 3 is 2.47 bits per heavy atom. The molecule has 2 aromatic rings. The van der Waals surface area contributed by atoms with Gasteiger partial charge >= 0.3 is 6.03 Å². The van der Waals surface area contributed by atoms with Crippen molar-refractivity contribution < 1.29 is 4.79 Å². The molecule has 2 rings (SSSR count). The molecule has 0 atom stereocenters. The number of amides is 2. The molecule has 5 heteroatoms. The molecule has 0 unspecified atom stereocenters. The second kappa shape index (κ2) is 6.89. The van der Waals surface area contributed by atoms with Crippen LogP contribution in [0.3, 0.4) is 0 Å². The molecule has 19 heavy (non-hydrogen) atoms. The third-order valence-electron chi connectivity index (χ3n) is 2.31. The molecular weight excluding hydrogens is 353 g/mol. The first-order valence-electron chi connectivity index (χ1n) is 5.65. The lowest BCUT2D eigenvalue weighted by atomic mass is 10.2. The first-order chi connectivity index (χ1) is 9.25. The van der Waals surface area contributed by atoms with Gasteiger partial charge in [0.1, 0.15) is 0 Å². The Morgan fingerprint density at radius 1 is 1.05 bits per heavy atom. The summed E-state index contributed by atoms with van der Waals surface area (Å²) in [5.41, 5.74) is 4.11. The third kappa shape index (κ3) is 4.36. The maximum atomic E-state index is 11.5. The maximum Gasteiger partial charge on any atom is 0.339 e. The van der Waals surface area contributed by atoms with Crippen LogP contribution in [0.5, 0.6) is 0 Å². The number of nitrogens with one attached hydrogen (secondary N) is 2. The summed E-state index contributed by atoms with van der Waals surface area (Å²) in [6.07, 6.45) is 1.62. The summed E-state index contributed by atoms with van der Waals surface area (Å²) >= 11 is 2.22. The third-order valence-corrected chi connectivity index (χ3v) is 3.29. The van der Waals surface area contributed by atoms with E-state index in [-0.39, 0.29) is 6.03 Å². The Hall–Kier alpha value is -1.89. The van der Waals surface area contributed by atoms with E-state index in [1.807, 2.05) is 54.6 Å². The van der Waals surface area contributed by atoms with Gasteiger partial charge in [0.2, 0.25) is 0 Å². The molecule has 2 amide bonds. The van der Waals surface area contributed by atoms with Crippen LogP contribution in [0.4, 0.5) is 10.5 Å². The van der Waals surface area contributed by atoms with Gasteiger partial charge in [-0.15, -0.1) is 0 Å². The smallest absolute Gasteiger partial charge is 0.307 e. The fraction of sp³-hybridized carbons (Fsp3) is 0. The number of carbonyl (C=O) groups is 1. The van der Waals surface area contributed by atoms with E-state index in [0.29, 0.717) is 0 Å². The minimum atomic E-state index is -0.367. The normalized spacial score (nSPS) is 10.4. The number of halogens is 1. The van der Waals surface area contributed by atoms with Gasteiger partial charge in [0.25, 0.3) is 0 Å². The minimum absolute atomic E-state index is 0.367. The van der Waals surface area contributed by atoms with Crippen LogP contribution in [0.25, 0.3) is 0 Å². The van der Waals surface area contributed by atoms with E-state index in [9.17, 15) is 4.79 Å². The zero-order valence-electron chi connectivity index (χ0n) is 10.0. The van der Waals surface area contributed by atoms with E-state index in [1.165, 1.54) is 0 Å². The van der Waals surface area contributed by atoms with Crippen LogP contribution in [0.1, 0.15) is 5.56 Å². The summed E-state index contributed by atoms with van der Waals surface area (Å²) < 4.78 is 1.08. The molecule has 0 spiro atoms. The molecule has 2 N–H and O–H groups in total. The molecule has 0 saturated heterocycles. The molecule has 0 aliphatic heterocycles.